The van der Waals surface area contributed by atoms with Crippen LogP contribution in [0.15, 0.2) is 0 Å². The molecule has 0 radical (unpaired) electrons. The van der Waals surface area contributed by atoms with Gasteiger partial charge in [-0.25, -0.2) is 0 Å². The van der Waals surface area contributed by atoms with Gasteiger partial charge in [0, 0.05) is 13.5 Å². The molecule has 0 spiro atoms. The van der Waals surface area contributed by atoms with E-state index < -0.39 is 0 Å². The van der Waals surface area contributed by atoms with Crippen LogP contribution >= 0.6 is 22.9 Å². The Morgan fingerprint density at radius 3 is 2.69 bits per heavy atom. The van der Waals surface area contributed by atoms with Crippen molar-refractivity contribution >= 4 is 22.9 Å². The van der Waals surface area contributed by atoms with Crippen molar-refractivity contribution in [3.05, 3.63) is 10.0 Å². The van der Waals surface area contributed by atoms with Crippen molar-refractivity contribution < 1.29 is 4.74 Å². The minimum atomic E-state index is 0.281. The van der Waals surface area contributed by atoms with Crippen LogP contribution in [0, 0.1) is 0 Å². The van der Waals surface area contributed by atoms with E-state index in [4.69, 9.17) is 16.3 Å². The molecule has 0 bridgehead atoms. The van der Waals surface area contributed by atoms with Crippen molar-refractivity contribution in [2.75, 3.05) is 7.11 Å². The van der Waals surface area contributed by atoms with Crippen LogP contribution < -0.4 is 0 Å². The molecule has 1 rings (SSSR count). The number of methoxy groups -OCH3 is 1. The van der Waals surface area contributed by atoms with Gasteiger partial charge in [0.15, 0.2) is 0 Å². The topological polar surface area (TPSA) is 35.0 Å². The number of alkyl halides is 1. The summed E-state index contributed by atoms with van der Waals surface area (Å²) in [6.45, 7) is 2.05. The predicted molar refractivity (Wildman–Crippen MR) is 54.3 cm³/mol. The first-order chi connectivity index (χ1) is 6.26. The fraction of sp³-hybridized carbons (Fsp3) is 0.750. The number of halogens is 1. The molecule has 0 saturated carbocycles. The first kappa shape index (κ1) is 10.9. The molecule has 1 atom stereocenters. The van der Waals surface area contributed by atoms with E-state index in [1.54, 1.807) is 18.4 Å². The largest absolute Gasteiger partial charge is 0.382 e. The normalized spacial score (nSPS) is 13.2. The maximum atomic E-state index is 5.61. The molecule has 1 aromatic heterocycles. The Balaban J connectivity index is 2.36. The third-order valence-corrected chi connectivity index (χ3v) is 3.18. The van der Waals surface area contributed by atoms with Gasteiger partial charge in [-0.1, -0.05) is 0 Å². The second kappa shape index (κ2) is 5.52. The third-order valence-electron chi connectivity index (χ3n) is 1.79. The molecular weight excluding hydrogens is 208 g/mol. The van der Waals surface area contributed by atoms with Crippen molar-refractivity contribution in [2.45, 2.75) is 31.7 Å². The lowest BCUT2D eigenvalue weighted by Gasteiger charge is -2.05. The monoisotopic (exact) mass is 220 g/mol. The molecule has 0 amide bonds. The van der Waals surface area contributed by atoms with Gasteiger partial charge >= 0.3 is 0 Å². The van der Waals surface area contributed by atoms with Gasteiger partial charge in [0.2, 0.25) is 0 Å². The molecule has 0 fully saturated rings. The molecule has 1 unspecified atom stereocenters. The van der Waals surface area contributed by atoms with E-state index in [1.165, 1.54) is 0 Å². The molecule has 1 aromatic rings. The van der Waals surface area contributed by atoms with Crippen LogP contribution in [0.2, 0.25) is 0 Å². The lowest BCUT2D eigenvalue weighted by atomic mass is 10.2. The number of hydrogen-bond donors (Lipinski definition) is 0. The average molecular weight is 221 g/mol. The van der Waals surface area contributed by atoms with Gasteiger partial charge in [0.1, 0.15) is 10.0 Å². The van der Waals surface area contributed by atoms with Crippen molar-refractivity contribution in [1.29, 1.82) is 0 Å². The molecule has 74 valence electrons. The summed E-state index contributed by atoms with van der Waals surface area (Å²) in [7, 11) is 1.72. The molecule has 0 N–H and O–H groups in total. The highest BCUT2D eigenvalue weighted by atomic mass is 35.5. The van der Waals surface area contributed by atoms with Crippen molar-refractivity contribution in [3.63, 3.8) is 0 Å². The Hall–Kier alpha value is -0.190. The quantitative estimate of drug-likeness (QED) is 0.714. The van der Waals surface area contributed by atoms with Gasteiger partial charge in [-0.2, -0.15) is 0 Å². The molecule has 0 aliphatic heterocycles. The molecule has 0 aliphatic rings. The summed E-state index contributed by atoms with van der Waals surface area (Å²) < 4.78 is 5.14. The Bertz CT molecular complexity index is 254. The summed E-state index contributed by atoms with van der Waals surface area (Å²) in [4.78, 5) is 0. The maximum Gasteiger partial charge on any atom is 0.132 e. The van der Waals surface area contributed by atoms with E-state index in [0.29, 0.717) is 5.88 Å². The summed E-state index contributed by atoms with van der Waals surface area (Å²) >= 11 is 7.19. The van der Waals surface area contributed by atoms with Crippen molar-refractivity contribution in [3.8, 4) is 0 Å². The molecule has 3 nitrogen and oxygen atoms in total. The number of rotatable bonds is 5. The van der Waals surface area contributed by atoms with Gasteiger partial charge in [0.25, 0.3) is 0 Å². The molecule has 0 saturated heterocycles. The summed E-state index contributed by atoms with van der Waals surface area (Å²) in [5.41, 5.74) is 0. The highest BCUT2D eigenvalue weighted by Crippen LogP contribution is 2.14. The molecular formula is C8H13ClN2OS. The van der Waals surface area contributed by atoms with Crippen molar-refractivity contribution in [2.24, 2.45) is 0 Å². The summed E-state index contributed by atoms with van der Waals surface area (Å²) in [5, 5.41) is 9.89. The lowest BCUT2D eigenvalue weighted by Crippen LogP contribution is -2.05. The van der Waals surface area contributed by atoms with Crippen LogP contribution in [-0.2, 0) is 17.0 Å². The Morgan fingerprint density at radius 2 is 2.15 bits per heavy atom. The highest BCUT2D eigenvalue weighted by Gasteiger charge is 2.05. The van der Waals surface area contributed by atoms with E-state index in [2.05, 4.69) is 10.2 Å². The first-order valence-corrected chi connectivity index (χ1v) is 5.51. The third kappa shape index (κ3) is 3.58. The number of hydrogen-bond acceptors (Lipinski definition) is 4. The van der Waals surface area contributed by atoms with Crippen LogP contribution in [0.5, 0.6) is 0 Å². The molecule has 13 heavy (non-hydrogen) atoms. The van der Waals surface area contributed by atoms with Gasteiger partial charge in [-0.05, 0) is 13.3 Å². The first-order valence-electron chi connectivity index (χ1n) is 4.16. The standard InChI is InChI=1S/C8H13ClN2OS/c1-6(12-2)3-4-7-10-11-8(5-9)13-7/h6H,3-5H2,1-2H3. The predicted octanol–water partition coefficient (Wildman–Crippen LogP) is 2.24. The minimum absolute atomic E-state index is 0.281. The zero-order chi connectivity index (χ0) is 9.68. The van der Waals surface area contributed by atoms with Crippen LogP contribution in [0.3, 0.4) is 0 Å². The van der Waals surface area contributed by atoms with Gasteiger partial charge in [0.05, 0.1) is 12.0 Å². The molecule has 0 aromatic carbocycles. The van der Waals surface area contributed by atoms with Gasteiger partial charge < -0.3 is 4.74 Å². The van der Waals surface area contributed by atoms with Gasteiger partial charge in [-0.15, -0.1) is 33.1 Å². The Morgan fingerprint density at radius 1 is 1.46 bits per heavy atom. The van der Waals surface area contributed by atoms with E-state index in [1.807, 2.05) is 6.92 Å². The van der Waals surface area contributed by atoms with Crippen LogP contribution in [0.4, 0.5) is 0 Å². The Labute approximate surface area is 87.1 Å². The van der Waals surface area contributed by atoms with Crippen molar-refractivity contribution in [1.82, 2.24) is 10.2 Å². The van der Waals surface area contributed by atoms with Crippen LogP contribution in [-0.4, -0.2) is 23.4 Å². The smallest absolute Gasteiger partial charge is 0.132 e. The number of ether oxygens (including phenoxy) is 1. The Kier molecular flexibility index (Phi) is 4.62. The number of aryl methyl sites for hydroxylation is 1. The second-order valence-electron chi connectivity index (χ2n) is 2.81. The van der Waals surface area contributed by atoms with E-state index in [-0.39, 0.29) is 6.10 Å². The summed E-state index contributed by atoms with van der Waals surface area (Å²) in [6.07, 6.45) is 2.18. The molecule has 1 heterocycles. The van der Waals surface area contributed by atoms with Gasteiger partial charge in [-0.3, -0.25) is 0 Å². The molecule has 0 aliphatic carbocycles. The fourth-order valence-corrected chi connectivity index (χ4v) is 1.81. The fourth-order valence-electron chi connectivity index (χ4n) is 0.888. The maximum absolute atomic E-state index is 5.61. The number of nitrogens with zero attached hydrogens (tertiary/aromatic N) is 2. The zero-order valence-corrected chi connectivity index (χ0v) is 9.36. The van der Waals surface area contributed by atoms with E-state index >= 15 is 0 Å². The summed E-state index contributed by atoms with van der Waals surface area (Å²) in [6, 6.07) is 0. The zero-order valence-electron chi connectivity index (χ0n) is 7.79. The minimum Gasteiger partial charge on any atom is -0.382 e. The SMILES string of the molecule is COC(C)CCc1nnc(CCl)s1. The summed E-state index contributed by atoms with van der Waals surface area (Å²) in [5.74, 6) is 0.456. The second-order valence-corrected chi connectivity index (χ2v) is 4.22. The van der Waals surface area contributed by atoms with Crippen LogP contribution in [0.25, 0.3) is 0 Å². The number of aromatic nitrogens is 2. The van der Waals surface area contributed by atoms with E-state index in [9.17, 15) is 0 Å². The lowest BCUT2D eigenvalue weighted by molar-refractivity contribution is 0.111. The van der Waals surface area contributed by atoms with Crippen LogP contribution in [0.1, 0.15) is 23.4 Å². The average Bonchev–Trinajstić information content (AvgIpc) is 2.61. The molecule has 5 heteroatoms. The highest BCUT2D eigenvalue weighted by molar-refractivity contribution is 7.11. The van der Waals surface area contributed by atoms with E-state index in [0.717, 1.165) is 22.9 Å².